The molecule has 2 amide bonds. The molecule has 13 nitrogen and oxygen atoms in total. The van der Waals surface area contributed by atoms with E-state index in [-0.39, 0.29) is 46.8 Å². The molecule has 2 saturated heterocycles. The number of rotatable bonds is 9. The van der Waals surface area contributed by atoms with Gasteiger partial charge in [-0.2, -0.15) is 4.72 Å². The van der Waals surface area contributed by atoms with Gasteiger partial charge in [-0.15, -0.1) is 0 Å². The number of hydrogen-bond acceptors (Lipinski definition) is 8. The van der Waals surface area contributed by atoms with Crippen molar-refractivity contribution in [3.63, 3.8) is 0 Å². The first-order chi connectivity index (χ1) is 18.3. The summed E-state index contributed by atoms with van der Waals surface area (Å²) < 4.78 is 32.5. The molecule has 3 heterocycles. The molecule has 4 rings (SSSR count). The second-order valence-corrected chi connectivity index (χ2v) is 11.7. The number of carbonyl (C=O) groups is 3. The summed E-state index contributed by atoms with van der Waals surface area (Å²) in [7, 11) is -4.22. The lowest BCUT2D eigenvalue weighted by molar-refractivity contribution is -0.140. The smallest absolute Gasteiger partial charge is 0.321 e. The van der Waals surface area contributed by atoms with Crippen molar-refractivity contribution in [3.05, 3.63) is 41.3 Å². The Morgan fingerprint density at radius 3 is 2.33 bits per heavy atom. The fraction of sp³-hybridized carbons (Fsp3) is 0.480. The number of hydrogen-bond donors (Lipinski definition) is 4. The van der Waals surface area contributed by atoms with Crippen LogP contribution in [0.3, 0.4) is 0 Å². The molecule has 0 bridgehead atoms. The van der Waals surface area contributed by atoms with Gasteiger partial charge in [0.1, 0.15) is 22.5 Å². The van der Waals surface area contributed by atoms with E-state index in [1.54, 1.807) is 34.1 Å². The Kier molecular flexibility index (Phi) is 7.80. The first-order valence-corrected chi connectivity index (χ1v) is 14.1. The van der Waals surface area contributed by atoms with E-state index in [9.17, 15) is 27.9 Å². The molecule has 14 heteroatoms. The number of carbonyl (C=O) groups excluding carboxylic acids is 2. The fourth-order valence-corrected chi connectivity index (χ4v) is 6.85. The highest BCUT2D eigenvalue weighted by Gasteiger charge is 2.49. The Bertz CT molecular complexity index is 1370. The highest BCUT2D eigenvalue weighted by Crippen LogP contribution is 2.43. The van der Waals surface area contributed by atoms with Gasteiger partial charge in [0.05, 0.1) is 5.41 Å². The van der Waals surface area contributed by atoms with Crippen LogP contribution in [0, 0.1) is 24.7 Å². The van der Waals surface area contributed by atoms with Crippen LogP contribution in [0.4, 0.5) is 5.69 Å². The molecule has 1 aromatic heterocycles. The Labute approximate surface area is 225 Å². The number of nitrogens with one attached hydrogen (secondary N) is 2. The van der Waals surface area contributed by atoms with Crippen molar-refractivity contribution in [3.8, 4) is 0 Å². The number of aliphatic carboxylic acids is 1. The van der Waals surface area contributed by atoms with Crippen LogP contribution in [0.1, 0.15) is 49.1 Å². The quantitative estimate of drug-likeness (QED) is 0.256. The number of nitrogens with zero attached hydrogens (tertiary/aromatic N) is 3. The molecular weight excluding hydrogens is 528 g/mol. The zero-order valence-electron chi connectivity index (χ0n) is 21.8. The van der Waals surface area contributed by atoms with Crippen LogP contribution >= 0.6 is 0 Å². The predicted octanol–water partition coefficient (Wildman–Crippen LogP) is 1.13. The molecule has 0 unspecified atom stereocenters. The Morgan fingerprint density at radius 2 is 1.79 bits per heavy atom. The molecule has 5 N–H and O–H groups in total. The molecule has 0 aliphatic carbocycles. The first-order valence-electron chi connectivity index (χ1n) is 12.6. The number of likely N-dealkylation sites (tertiary alicyclic amines) is 1. The van der Waals surface area contributed by atoms with Crippen LogP contribution in [-0.4, -0.2) is 72.9 Å². The van der Waals surface area contributed by atoms with Crippen molar-refractivity contribution in [2.24, 2.45) is 11.1 Å². The predicted molar refractivity (Wildman–Crippen MR) is 140 cm³/mol. The molecule has 2 fully saturated rings. The number of benzene rings is 1. The number of amidine groups is 1. The van der Waals surface area contributed by atoms with Crippen molar-refractivity contribution in [2.75, 3.05) is 24.5 Å². The van der Waals surface area contributed by atoms with Gasteiger partial charge in [0.2, 0.25) is 21.8 Å². The highest BCUT2D eigenvalue weighted by atomic mass is 32.2. The van der Waals surface area contributed by atoms with E-state index in [0.29, 0.717) is 44.5 Å². The zero-order chi connectivity index (χ0) is 28.5. The van der Waals surface area contributed by atoms with Crippen molar-refractivity contribution in [1.29, 1.82) is 5.41 Å². The SMILES string of the molecule is Cc1noc(C)c1S(=O)(=O)N[C@@H](CCC(=O)N1CCC2(CC1)CCN(c1ccc(C(=N)N)cc1)C2=O)C(=O)O. The summed E-state index contributed by atoms with van der Waals surface area (Å²) in [6, 6.07) is 5.44. The maximum absolute atomic E-state index is 13.4. The van der Waals surface area contributed by atoms with E-state index < -0.39 is 27.4 Å². The Balaban J connectivity index is 1.33. The molecular formula is C25H32N6O7S. The van der Waals surface area contributed by atoms with Crippen LogP contribution in [0.15, 0.2) is 33.7 Å². The van der Waals surface area contributed by atoms with Crippen molar-refractivity contribution < 1.29 is 32.4 Å². The summed E-state index contributed by atoms with van der Waals surface area (Å²) in [5.74, 6) is -1.70. The van der Waals surface area contributed by atoms with Crippen LogP contribution in [0.5, 0.6) is 0 Å². The maximum atomic E-state index is 13.4. The fourth-order valence-electron chi connectivity index (χ4n) is 5.30. The highest BCUT2D eigenvalue weighted by molar-refractivity contribution is 7.89. The van der Waals surface area contributed by atoms with Crippen molar-refractivity contribution in [1.82, 2.24) is 14.8 Å². The number of aryl methyl sites for hydroxylation is 2. The molecule has 2 aliphatic rings. The van der Waals surface area contributed by atoms with Gasteiger partial charge in [0, 0.05) is 37.3 Å². The van der Waals surface area contributed by atoms with E-state index in [2.05, 4.69) is 9.88 Å². The summed E-state index contributed by atoms with van der Waals surface area (Å²) >= 11 is 0. The van der Waals surface area contributed by atoms with E-state index in [4.69, 9.17) is 15.7 Å². The molecule has 39 heavy (non-hydrogen) atoms. The number of nitrogens with two attached hydrogens (primary N) is 1. The summed E-state index contributed by atoms with van der Waals surface area (Å²) in [6.45, 7) is 4.10. The largest absolute Gasteiger partial charge is 0.480 e. The third kappa shape index (κ3) is 5.66. The second-order valence-electron chi connectivity index (χ2n) is 10.0. The summed E-state index contributed by atoms with van der Waals surface area (Å²) in [5.41, 5.74) is 6.36. The number of piperidine rings is 1. The van der Waals surface area contributed by atoms with Crippen molar-refractivity contribution >= 4 is 39.3 Å². The number of amides is 2. The number of nitrogen functional groups attached to an aromatic ring is 1. The third-order valence-electron chi connectivity index (χ3n) is 7.56. The topological polar surface area (TPSA) is 200 Å². The van der Waals surface area contributed by atoms with Gasteiger partial charge >= 0.3 is 5.97 Å². The minimum absolute atomic E-state index is 0.00449. The number of sulfonamides is 1. The number of aromatic nitrogens is 1. The number of carboxylic acid groups (broad SMARTS) is 1. The average molecular weight is 561 g/mol. The maximum Gasteiger partial charge on any atom is 0.321 e. The standard InChI is InChI=1S/C25H32N6O7S/c1-15-21(16(2)38-28-15)39(36,37)29-19(23(33)34)7-8-20(32)30-12-9-25(10-13-30)11-14-31(24(25)35)18-5-3-17(4-6-18)22(26)27/h3-6,19,29H,7-14H2,1-2H3,(H3,26,27)(H,33,34)/t19-/m0/s1. The molecule has 1 atom stereocenters. The summed E-state index contributed by atoms with van der Waals surface area (Å²) in [6.07, 6.45) is 1.23. The van der Waals surface area contributed by atoms with E-state index in [1.165, 1.54) is 13.8 Å². The molecule has 210 valence electrons. The van der Waals surface area contributed by atoms with Crippen LogP contribution in [0.2, 0.25) is 0 Å². The molecule has 2 aliphatic heterocycles. The van der Waals surface area contributed by atoms with Gasteiger partial charge in [-0.25, -0.2) is 8.42 Å². The molecule has 1 spiro atoms. The Hall–Kier alpha value is -3.78. The van der Waals surface area contributed by atoms with Gasteiger partial charge in [-0.05, 0) is 63.8 Å². The monoisotopic (exact) mass is 560 g/mol. The van der Waals surface area contributed by atoms with Gasteiger partial charge < -0.3 is 25.2 Å². The van der Waals surface area contributed by atoms with Crippen LogP contribution < -0.4 is 15.4 Å². The lowest BCUT2D eigenvalue weighted by atomic mass is 9.77. The van der Waals surface area contributed by atoms with E-state index in [0.717, 1.165) is 5.69 Å². The molecule has 0 radical (unpaired) electrons. The summed E-state index contributed by atoms with van der Waals surface area (Å²) in [4.78, 5) is 41.1. The minimum Gasteiger partial charge on any atom is -0.480 e. The van der Waals surface area contributed by atoms with Crippen LogP contribution in [-0.2, 0) is 24.4 Å². The lowest BCUT2D eigenvalue weighted by Gasteiger charge is -2.38. The lowest BCUT2D eigenvalue weighted by Crippen LogP contribution is -2.47. The van der Waals surface area contributed by atoms with Gasteiger partial charge in [0.15, 0.2) is 5.76 Å². The zero-order valence-corrected chi connectivity index (χ0v) is 22.6. The molecule has 1 aromatic carbocycles. The van der Waals surface area contributed by atoms with Gasteiger partial charge in [-0.3, -0.25) is 19.8 Å². The average Bonchev–Trinajstić information content (AvgIpc) is 3.40. The number of carboxylic acids is 1. The van der Waals surface area contributed by atoms with Crippen molar-refractivity contribution in [2.45, 2.75) is 56.9 Å². The van der Waals surface area contributed by atoms with E-state index >= 15 is 0 Å². The normalized spacial score (nSPS) is 17.9. The molecule has 2 aromatic rings. The second kappa shape index (κ2) is 10.8. The van der Waals surface area contributed by atoms with E-state index in [1.807, 2.05) is 0 Å². The van der Waals surface area contributed by atoms with Crippen LogP contribution in [0.25, 0.3) is 0 Å². The molecule has 0 saturated carbocycles. The summed E-state index contributed by atoms with van der Waals surface area (Å²) in [5, 5.41) is 20.7. The Morgan fingerprint density at radius 1 is 1.18 bits per heavy atom. The number of anilines is 1. The third-order valence-corrected chi connectivity index (χ3v) is 9.27. The van der Waals surface area contributed by atoms with Gasteiger partial charge in [0.25, 0.3) is 0 Å². The van der Waals surface area contributed by atoms with Gasteiger partial charge in [-0.1, -0.05) is 5.16 Å². The first kappa shape index (κ1) is 28.2. The minimum atomic E-state index is -4.22.